The molecule has 88 valence electrons. The van der Waals surface area contributed by atoms with Gasteiger partial charge in [0.15, 0.2) is 0 Å². The van der Waals surface area contributed by atoms with Gasteiger partial charge in [0.25, 0.3) is 5.91 Å². The molecule has 2 heterocycles. The Morgan fingerprint density at radius 2 is 2.56 bits per heavy atom. The molecule has 6 nitrogen and oxygen atoms in total. The number of aromatic nitrogens is 2. The van der Waals surface area contributed by atoms with Gasteiger partial charge in [0.1, 0.15) is 11.4 Å². The summed E-state index contributed by atoms with van der Waals surface area (Å²) < 4.78 is 5.41. The second kappa shape index (κ2) is 4.52. The first kappa shape index (κ1) is 10.9. The Balaban J connectivity index is 1.95. The fourth-order valence-corrected chi connectivity index (χ4v) is 1.87. The van der Waals surface area contributed by atoms with Crippen molar-refractivity contribution in [3.05, 3.63) is 11.8 Å². The Labute approximate surface area is 93.5 Å². The van der Waals surface area contributed by atoms with E-state index < -0.39 is 0 Å². The van der Waals surface area contributed by atoms with Crippen LogP contribution in [0.2, 0.25) is 0 Å². The summed E-state index contributed by atoms with van der Waals surface area (Å²) in [6, 6.07) is 0.158. The van der Waals surface area contributed by atoms with Crippen molar-refractivity contribution in [2.75, 3.05) is 12.3 Å². The molecule has 1 aromatic heterocycles. The number of nitrogens with two attached hydrogens (primary N) is 1. The maximum absolute atomic E-state index is 11.8. The summed E-state index contributed by atoms with van der Waals surface area (Å²) in [4.78, 5) is 11.8. The van der Waals surface area contributed by atoms with E-state index in [-0.39, 0.29) is 18.1 Å². The summed E-state index contributed by atoms with van der Waals surface area (Å²) in [7, 11) is 0. The highest BCUT2D eigenvalue weighted by Crippen LogP contribution is 2.14. The topological polar surface area (TPSA) is 93.0 Å². The maximum Gasteiger partial charge on any atom is 0.256 e. The third kappa shape index (κ3) is 2.33. The number of H-pyrrole nitrogens is 1. The predicted octanol–water partition coefficient (Wildman–Crippen LogP) is 0.289. The molecule has 0 aromatic carbocycles. The smallest absolute Gasteiger partial charge is 0.256 e. The number of carbonyl (C=O) groups excluding carboxylic acids is 1. The Hall–Kier alpha value is -1.56. The summed E-state index contributed by atoms with van der Waals surface area (Å²) >= 11 is 0. The number of hydrogen-bond donors (Lipinski definition) is 3. The number of anilines is 1. The lowest BCUT2D eigenvalue weighted by Gasteiger charge is -2.27. The van der Waals surface area contributed by atoms with Crippen molar-refractivity contribution >= 4 is 11.7 Å². The van der Waals surface area contributed by atoms with Gasteiger partial charge in [0, 0.05) is 12.6 Å². The Morgan fingerprint density at radius 1 is 1.75 bits per heavy atom. The number of amides is 1. The number of hydrogen-bond acceptors (Lipinski definition) is 4. The molecule has 4 N–H and O–H groups in total. The highest BCUT2D eigenvalue weighted by atomic mass is 16.5. The first-order valence-corrected chi connectivity index (χ1v) is 5.38. The van der Waals surface area contributed by atoms with E-state index in [9.17, 15) is 4.79 Å². The van der Waals surface area contributed by atoms with Crippen molar-refractivity contribution < 1.29 is 9.53 Å². The second-order valence-electron chi connectivity index (χ2n) is 4.07. The van der Waals surface area contributed by atoms with Gasteiger partial charge in [0.2, 0.25) is 0 Å². The highest BCUT2D eigenvalue weighted by Gasteiger charge is 2.22. The molecular weight excluding hydrogens is 208 g/mol. The van der Waals surface area contributed by atoms with Crippen LogP contribution in [0.25, 0.3) is 0 Å². The van der Waals surface area contributed by atoms with Crippen LogP contribution in [-0.4, -0.2) is 34.9 Å². The van der Waals surface area contributed by atoms with Gasteiger partial charge in [-0.3, -0.25) is 9.89 Å². The average molecular weight is 224 g/mol. The van der Waals surface area contributed by atoms with Crippen molar-refractivity contribution in [1.82, 2.24) is 15.5 Å². The van der Waals surface area contributed by atoms with Crippen LogP contribution in [0.1, 0.15) is 30.1 Å². The quantitative estimate of drug-likeness (QED) is 0.673. The highest BCUT2D eigenvalue weighted by molar-refractivity contribution is 5.98. The molecule has 16 heavy (non-hydrogen) atoms. The molecule has 1 aliphatic rings. The van der Waals surface area contributed by atoms with Crippen molar-refractivity contribution in [3.8, 4) is 0 Å². The van der Waals surface area contributed by atoms with E-state index in [0.717, 1.165) is 12.8 Å². The van der Waals surface area contributed by atoms with Crippen molar-refractivity contribution in [2.45, 2.75) is 31.9 Å². The molecule has 1 saturated heterocycles. The second-order valence-corrected chi connectivity index (χ2v) is 4.07. The van der Waals surface area contributed by atoms with E-state index in [1.54, 1.807) is 0 Å². The van der Waals surface area contributed by atoms with E-state index in [0.29, 0.717) is 18.0 Å². The fourth-order valence-electron chi connectivity index (χ4n) is 1.87. The lowest BCUT2D eigenvalue weighted by molar-refractivity contribution is 0.0137. The molecule has 1 aromatic rings. The summed E-state index contributed by atoms with van der Waals surface area (Å²) in [6.07, 6.45) is 3.31. The molecule has 1 amide bonds. The molecule has 0 bridgehead atoms. The SMILES string of the molecule is CC1CC(NC(=O)c2cn[nH]c2N)CCO1. The van der Waals surface area contributed by atoms with Crippen LogP contribution in [0, 0.1) is 0 Å². The largest absolute Gasteiger partial charge is 0.383 e. The average Bonchev–Trinajstić information content (AvgIpc) is 2.64. The van der Waals surface area contributed by atoms with Gasteiger partial charge in [-0.05, 0) is 19.8 Å². The minimum absolute atomic E-state index is 0.158. The van der Waals surface area contributed by atoms with E-state index in [1.807, 2.05) is 6.92 Å². The van der Waals surface area contributed by atoms with Gasteiger partial charge in [-0.25, -0.2) is 0 Å². The van der Waals surface area contributed by atoms with E-state index in [1.165, 1.54) is 6.20 Å². The monoisotopic (exact) mass is 224 g/mol. The molecule has 6 heteroatoms. The molecular formula is C10H16N4O2. The minimum Gasteiger partial charge on any atom is -0.383 e. The van der Waals surface area contributed by atoms with Crippen molar-refractivity contribution in [2.24, 2.45) is 0 Å². The number of nitrogens with one attached hydrogen (secondary N) is 2. The van der Waals surface area contributed by atoms with Gasteiger partial charge in [-0.15, -0.1) is 0 Å². The van der Waals surface area contributed by atoms with Crippen LogP contribution < -0.4 is 11.1 Å². The molecule has 2 unspecified atom stereocenters. The van der Waals surface area contributed by atoms with Crippen molar-refractivity contribution in [1.29, 1.82) is 0 Å². The first-order chi connectivity index (χ1) is 7.66. The Bertz CT molecular complexity index is 377. The van der Waals surface area contributed by atoms with Gasteiger partial charge in [0.05, 0.1) is 12.3 Å². The number of ether oxygens (including phenoxy) is 1. The molecule has 0 radical (unpaired) electrons. The standard InChI is InChI=1S/C10H16N4O2/c1-6-4-7(2-3-16-6)13-10(15)8-5-12-14-9(8)11/h5-7H,2-4H2,1H3,(H,13,15)(H3,11,12,14). The summed E-state index contributed by atoms with van der Waals surface area (Å²) in [6.45, 7) is 2.69. The number of nitrogens with zero attached hydrogens (tertiary/aromatic N) is 1. The summed E-state index contributed by atoms with van der Waals surface area (Å²) in [5.41, 5.74) is 5.97. The number of nitrogen functional groups attached to an aromatic ring is 1. The lowest BCUT2D eigenvalue weighted by atomic mass is 10.0. The molecule has 0 aliphatic carbocycles. The van der Waals surface area contributed by atoms with Crippen LogP contribution in [0.4, 0.5) is 5.82 Å². The van der Waals surface area contributed by atoms with E-state index in [2.05, 4.69) is 15.5 Å². The number of carbonyl (C=O) groups is 1. The predicted molar refractivity (Wildman–Crippen MR) is 58.9 cm³/mol. The Kier molecular flexibility index (Phi) is 3.09. The summed E-state index contributed by atoms with van der Waals surface area (Å²) in [5, 5.41) is 9.19. The molecule has 0 saturated carbocycles. The van der Waals surface area contributed by atoms with E-state index in [4.69, 9.17) is 10.5 Å². The molecule has 2 atom stereocenters. The zero-order valence-corrected chi connectivity index (χ0v) is 9.19. The van der Waals surface area contributed by atoms with Crippen LogP contribution in [0.3, 0.4) is 0 Å². The normalized spacial score (nSPS) is 25.3. The third-order valence-electron chi connectivity index (χ3n) is 2.73. The summed E-state index contributed by atoms with van der Waals surface area (Å²) in [5.74, 6) is 0.128. The Morgan fingerprint density at radius 3 is 3.19 bits per heavy atom. The van der Waals surface area contributed by atoms with Gasteiger partial charge >= 0.3 is 0 Å². The third-order valence-corrected chi connectivity index (χ3v) is 2.73. The lowest BCUT2D eigenvalue weighted by Crippen LogP contribution is -2.41. The number of aromatic amines is 1. The van der Waals surface area contributed by atoms with E-state index >= 15 is 0 Å². The van der Waals surface area contributed by atoms with Crippen LogP contribution >= 0.6 is 0 Å². The first-order valence-electron chi connectivity index (χ1n) is 5.38. The number of rotatable bonds is 2. The van der Waals surface area contributed by atoms with Crippen LogP contribution in [0.5, 0.6) is 0 Å². The zero-order valence-electron chi connectivity index (χ0n) is 9.19. The molecule has 2 rings (SSSR count). The van der Waals surface area contributed by atoms with Crippen LogP contribution in [-0.2, 0) is 4.74 Å². The molecule has 1 fully saturated rings. The molecule has 1 aliphatic heterocycles. The molecule has 0 spiro atoms. The van der Waals surface area contributed by atoms with Crippen molar-refractivity contribution in [3.63, 3.8) is 0 Å². The van der Waals surface area contributed by atoms with Gasteiger partial charge in [-0.2, -0.15) is 5.10 Å². The zero-order chi connectivity index (χ0) is 11.5. The maximum atomic E-state index is 11.8. The van der Waals surface area contributed by atoms with Gasteiger partial charge in [-0.1, -0.05) is 0 Å². The fraction of sp³-hybridized carbons (Fsp3) is 0.600. The minimum atomic E-state index is -0.176. The van der Waals surface area contributed by atoms with Gasteiger partial charge < -0.3 is 15.8 Å². The van der Waals surface area contributed by atoms with Crippen LogP contribution in [0.15, 0.2) is 6.20 Å².